The molecule has 1 aromatic carbocycles. The molecule has 0 radical (unpaired) electrons. The zero-order valence-corrected chi connectivity index (χ0v) is 24.9. The van der Waals surface area contributed by atoms with Crippen LogP contribution in [0.15, 0.2) is 55.3 Å². The Morgan fingerprint density at radius 1 is 1.16 bits per heavy atom. The largest absolute Gasteiger partial charge is 0.490 e. The highest BCUT2D eigenvalue weighted by Crippen LogP contribution is 2.26. The molecule has 0 spiro atoms. The lowest BCUT2D eigenvalue weighted by molar-refractivity contribution is -0.104. The first-order chi connectivity index (χ1) is 18.3. The zero-order chi connectivity index (χ0) is 28.6. The van der Waals surface area contributed by atoms with Crippen LogP contribution in [0, 0.1) is 11.3 Å². The first kappa shape index (κ1) is 35.3. The number of carbonyl (C=O) groups is 1. The monoisotopic (exact) mass is 525 g/mol. The van der Waals surface area contributed by atoms with Gasteiger partial charge in [-0.2, -0.15) is 0 Å². The van der Waals surface area contributed by atoms with E-state index < -0.39 is 0 Å². The Kier molecular flexibility index (Phi) is 21.8. The molecular formula is C33H55N3O2. The fourth-order valence-electron chi connectivity index (χ4n) is 4.21. The predicted molar refractivity (Wildman–Crippen MR) is 166 cm³/mol. The predicted octanol–water partition coefficient (Wildman–Crippen LogP) is 7.56. The summed E-state index contributed by atoms with van der Waals surface area (Å²) in [5, 5.41) is 10.8. The lowest BCUT2D eigenvalue weighted by Gasteiger charge is -2.21. The summed E-state index contributed by atoms with van der Waals surface area (Å²) in [4.78, 5) is 11.6. The Morgan fingerprint density at radius 2 is 1.92 bits per heavy atom. The first-order valence-electron chi connectivity index (χ1n) is 14.3. The number of ether oxygens (including phenoxy) is 1. The third-order valence-electron chi connectivity index (χ3n) is 6.24. The summed E-state index contributed by atoms with van der Waals surface area (Å²) < 4.78 is 6.41. The number of aryl methyl sites for hydroxylation is 2. The van der Waals surface area contributed by atoms with E-state index in [1.54, 1.807) is 12.2 Å². The molecule has 0 aliphatic carbocycles. The zero-order valence-electron chi connectivity index (χ0n) is 24.9. The molecule has 0 bridgehead atoms. The van der Waals surface area contributed by atoms with Crippen LogP contribution in [0.1, 0.15) is 83.3 Å². The highest BCUT2D eigenvalue weighted by Gasteiger charge is 2.13. The Hall–Kier alpha value is -2.66. The molecule has 2 unspecified atom stereocenters. The Morgan fingerprint density at radius 3 is 2.53 bits per heavy atom. The molecule has 0 amide bonds. The molecule has 0 aromatic heterocycles. The number of aldehydes is 1. The van der Waals surface area contributed by atoms with Gasteiger partial charge in [0.2, 0.25) is 0 Å². The standard InChI is InChI=1S/C28H49N3O.C5H6O/c1-7-12-23(2)21-25(4)32-28-22-26(15-16-27(28)14-11-18-29)13-9-8-10-19-30-24(3)17-20-31(5)6;1-2-3-4-5-6/h15-16,18,22-23,25,29-30H,3,7-14,17,19-21H2,1-2,4-6H3;2-5H,1H2/b;4-3-. The van der Waals surface area contributed by atoms with E-state index in [9.17, 15) is 4.79 Å². The number of nitrogens with one attached hydrogen (secondary N) is 2. The molecule has 214 valence electrons. The summed E-state index contributed by atoms with van der Waals surface area (Å²) in [6.45, 7) is 16.3. The molecule has 1 aromatic rings. The van der Waals surface area contributed by atoms with Gasteiger partial charge in [-0.3, -0.25) is 4.79 Å². The summed E-state index contributed by atoms with van der Waals surface area (Å²) in [5.41, 5.74) is 3.73. The van der Waals surface area contributed by atoms with Crippen molar-refractivity contribution in [3.05, 3.63) is 66.4 Å². The fourth-order valence-corrected chi connectivity index (χ4v) is 4.21. The van der Waals surface area contributed by atoms with E-state index in [-0.39, 0.29) is 6.10 Å². The van der Waals surface area contributed by atoms with Gasteiger partial charge >= 0.3 is 0 Å². The fraction of sp³-hybridized carbons (Fsp3) is 0.576. The van der Waals surface area contributed by atoms with Crippen molar-refractivity contribution in [2.75, 3.05) is 27.2 Å². The van der Waals surface area contributed by atoms with Crippen molar-refractivity contribution in [1.29, 1.82) is 5.41 Å². The van der Waals surface area contributed by atoms with Gasteiger partial charge in [-0.05, 0) is 101 Å². The van der Waals surface area contributed by atoms with E-state index in [4.69, 9.17) is 10.1 Å². The van der Waals surface area contributed by atoms with Gasteiger partial charge in [-0.15, -0.1) is 0 Å². The summed E-state index contributed by atoms with van der Waals surface area (Å²) in [6.07, 6.45) is 17.8. The Labute approximate surface area is 233 Å². The lowest BCUT2D eigenvalue weighted by Crippen LogP contribution is -2.19. The van der Waals surface area contributed by atoms with Crippen molar-refractivity contribution in [2.45, 2.75) is 91.1 Å². The maximum atomic E-state index is 9.43. The minimum atomic E-state index is 0.220. The minimum absolute atomic E-state index is 0.220. The molecule has 38 heavy (non-hydrogen) atoms. The molecule has 0 fully saturated rings. The smallest absolute Gasteiger partial charge is 0.142 e. The van der Waals surface area contributed by atoms with E-state index in [1.807, 2.05) is 0 Å². The van der Waals surface area contributed by atoms with Gasteiger partial charge in [0.05, 0.1) is 6.10 Å². The maximum Gasteiger partial charge on any atom is 0.142 e. The second-order valence-corrected chi connectivity index (χ2v) is 10.4. The third-order valence-corrected chi connectivity index (χ3v) is 6.24. The van der Waals surface area contributed by atoms with E-state index in [0.29, 0.717) is 12.2 Å². The first-order valence-corrected chi connectivity index (χ1v) is 14.3. The highest BCUT2D eigenvalue weighted by atomic mass is 16.5. The van der Waals surface area contributed by atoms with E-state index in [0.717, 1.165) is 56.6 Å². The second kappa shape index (κ2) is 23.5. The SMILES string of the molecule is C=C(CCN(C)C)NCCCCCc1ccc(CCC=N)c(OC(C)CC(C)CCC)c1.C=C/C=C\C=O. The van der Waals surface area contributed by atoms with Crippen molar-refractivity contribution >= 4 is 12.5 Å². The van der Waals surface area contributed by atoms with Crippen LogP contribution in [0.4, 0.5) is 0 Å². The molecule has 2 atom stereocenters. The maximum absolute atomic E-state index is 9.43. The quantitative estimate of drug-likeness (QED) is 0.0571. The number of benzene rings is 1. The van der Waals surface area contributed by atoms with Crippen LogP contribution in [-0.4, -0.2) is 50.7 Å². The van der Waals surface area contributed by atoms with Crippen molar-refractivity contribution in [2.24, 2.45) is 5.92 Å². The van der Waals surface area contributed by atoms with Crippen molar-refractivity contribution in [3.8, 4) is 5.75 Å². The summed E-state index contributed by atoms with van der Waals surface area (Å²) in [6, 6.07) is 6.71. The number of unbranched alkanes of at least 4 members (excludes halogenated alkanes) is 2. The summed E-state index contributed by atoms with van der Waals surface area (Å²) in [5.74, 6) is 1.72. The Balaban J connectivity index is 0.00000203. The molecule has 0 saturated carbocycles. The average molecular weight is 526 g/mol. The number of hydrogen-bond donors (Lipinski definition) is 2. The number of rotatable bonds is 21. The molecule has 5 nitrogen and oxygen atoms in total. The normalized spacial score (nSPS) is 12.4. The van der Waals surface area contributed by atoms with Crippen LogP contribution in [-0.2, 0) is 17.6 Å². The number of nitrogens with zero attached hydrogens (tertiary/aromatic N) is 1. The van der Waals surface area contributed by atoms with Gasteiger partial charge in [0.15, 0.2) is 0 Å². The molecule has 0 aliphatic heterocycles. The molecule has 2 N–H and O–H groups in total. The number of carbonyl (C=O) groups excluding carboxylic acids is 1. The van der Waals surface area contributed by atoms with Crippen molar-refractivity contribution < 1.29 is 9.53 Å². The van der Waals surface area contributed by atoms with Gasteiger partial charge in [-0.25, -0.2) is 0 Å². The van der Waals surface area contributed by atoms with Gasteiger partial charge in [0.25, 0.3) is 0 Å². The van der Waals surface area contributed by atoms with Gasteiger partial charge < -0.3 is 20.4 Å². The average Bonchev–Trinajstić information content (AvgIpc) is 2.88. The van der Waals surface area contributed by atoms with Gasteiger partial charge in [0.1, 0.15) is 12.0 Å². The van der Waals surface area contributed by atoms with Crippen LogP contribution >= 0.6 is 0 Å². The molecule has 0 heterocycles. The second-order valence-electron chi connectivity index (χ2n) is 10.4. The van der Waals surface area contributed by atoms with Gasteiger partial charge in [0, 0.05) is 18.8 Å². The van der Waals surface area contributed by atoms with Crippen molar-refractivity contribution in [3.63, 3.8) is 0 Å². The van der Waals surface area contributed by atoms with Gasteiger partial charge in [-0.1, -0.05) is 70.6 Å². The molecule has 0 saturated heterocycles. The highest BCUT2D eigenvalue weighted by molar-refractivity contribution is 5.65. The van der Waals surface area contributed by atoms with Crippen LogP contribution in [0.2, 0.25) is 0 Å². The number of allylic oxidation sites excluding steroid dienone is 3. The summed E-state index contributed by atoms with van der Waals surface area (Å²) >= 11 is 0. The van der Waals surface area contributed by atoms with E-state index in [1.165, 1.54) is 55.5 Å². The number of hydrogen-bond acceptors (Lipinski definition) is 5. The lowest BCUT2D eigenvalue weighted by atomic mass is 9.99. The summed E-state index contributed by atoms with van der Waals surface area (Å²) in [7, 11) is 4.19. The molecule has 0 aliphatic rings. The van der Waals surface area contributed by atoms with Crippen LogP contribution in [0.25, 0.3) is 0 Å². The molecule has 1 rings (SSSR count). The van der Waals surface area contributed by atoms with Crippen LogP contribution < -0.4 is 10.1 Å². The minimum Gasteiger partial charge on any atom is -0.490 e. The van der Waals surface area contributed by atoms with E-state index >= 15 is 0 Å². The topological polar surface area (TPSA) is 65.4 Å². The van der Waals surface area contributed by atoms with E-state index in [2.05, 4.69) is 76.4 Å². The molecular weight excluding hydrogens is 470 g/mol. The Bertz CT molecular complexity index is 806. The van der Waals surface area contributed by atoms with Crippen LogP contribution in [0.3, 0.4) is 0 Å². The van der Waals surface area contributed by atoms with Crippen LogP contribution in [0.5, 0.6) is 5.75 Å². The molecule has 5 heteroatoms. The third kappa shape index (κ3) is 19.5. The van der Waals surface area contributed by atoms with Crippen molar-refractivity contribution in [1.82, 2.24) is 10.2 Å².